The molecule has 1 atom stereocenters. The largest absolute Gasteiger partial charge is 0.488 e. The maximum Gasteiger partial charge on any atom is 0.312 e. The van der Waals surface area contributed by atoms with Gasteiger partial charge >= 0.3 is 11.9 Å². The van der Waals surface area contributed by atoms with Gasteiger partial charge in [-0.2, -0.15) is 0 Å². The van der Waals surface area contributed by atoms with E-state index >= 15 is 0 Å². The van der Waals surface area contributed by atoms with Crippen molar-refractivity contribution in [1.29, 1.82) is 0 Å². The molecule has 0 radical (unpaired) electrons. The minimum Gasteiger partial charge on any atom is -0.488 e. The summed E-state index contributed by atoms with van der Waals surface area (Å²) in [5.41, 5.74) is 2.22. The van der Waals surface area contributed by atoms with Gasteiger partial charge in [0.05, 0.1) is 13.0 Å². The summed E-state index contributed by atoms with van der Waals surface area (Å²) in [6.45, 7) is 3.97. The first-order chi connectivity index (χ1) is 13.5. The second kappa shape index (κ2) is 8.57. The SMILES string of the molecule is COC(=O)C(C)c1ccc2cc(OC(C)=O)ccc2c1.c1ccc2c(c1)CO2. The number of benzene rings is 3. The fourth-order valence-electron chi connectivity index (χ4n) is 2.89. The van der Waals surface area contributed by atoms with Gasteiger partial charge in [0, 0.05) is 12.5 Å². The number of carbonyl (C=O) groups excluding carboxylic acids is 2. The van der Waals surface area contributed by atoms with Crippen LogP contribution in [0.25, 0.3) is 10.8 Å². The molecule has 0 saturated carbocycles. The predicted octanol–water partition coefficient (Wildman–Crippen LogP) is 4.62. The number of para-hydroxylation sites is 1. The number of esters is 2. The first kappa shape index (κ1) is 19.4. The highest BCUT2D eigenvalue weighted by Gasteiger charge is 2.15. The van der Waals surface area contributed by atoms with E-state index in [4.69, 9.17) is 14.2 Å². The normalized spacial score (nSPS) is 12.4. The van der Waals surface area contributed by atoms with Crippen LogP contribution in [0.4, 0.5) is 0 Å². The molecule has 1 unspecified atom stereocenters. The molecule has 3 aromatic carbocycles. The summed E-state index contributed by atoms with van der Waals surface area (Å²) in [7, 11) is 1.38. The highest BCUT2D eigenvalue weighted by Crippen LogP contribution is 2.27. The van der Waals surface area contributed by atoms with Crippen molar-refractivity contribution in [2.75, 3.05) is 7.11 Å². The Kier molecular flexibility index (Phi) is 5.94. The lowest BCUT2D eigenvalue weighted by Gasteiger charge is -2.18. The van der Waals surface area contributed by atoms with Crippen molar-refractivity contribution in [2.45, 2.75) is 26.4 Å². The number of fused-ring (bicyclic) bond motifs is 2. The first-order valence-corrected chi connectivity index (χ1v) is 8.98. The quantitative estimate of drug-likeness (QED) is 0.492. The van der Waals surface area contributed by atoms with Crippen LogP contribution >= 0.6 is 0 Å². The molecule has 28 heavy (non-hydrogen) atoms. The van der Waals surface area contributed by atoms with Crippen molar-refractivity contribution in [3.05, 3.63) is 71.8 Å². The van der Waals surface area contributed by atoms with Gasteiger partial charge in [0.25, 0.3) is 0 Å². The van der Waals surface area contributed by atoms with Gasteiger partial charge in [0.1, 0.15) is 18.1 Å². The lowest BCUT2D eigenvalue weighted by Crippen LogP contribution is -2.10. The molecule has 4 rings (SSSR count). The third-order valence-electron chi connectivity index (χ3n) is 4.51. The topological polar surface area (TPSA) is 61.8 Å². The second-order valence-corrected chi connectivity index (χ2v) is 6.50. The number of hydrogen-bond donors (Lipinski definition) is 0. The molecule has 0 N–H and O–H groups in total. The van der Waals surface area contributed by atoms with Crippen LogP contribution in [-0.2, 0) is 20.9 Å². The molecule has 0 aromatic heterocycles. The molecule has 0 spiro atoms. The van der Waals surface area contributed by atoms with E-state index in [1.807, 2.05) is 42.5 Å². The van der Waals surface area contributed by atoms with Gasteiger partial charge in [-0.1, -0.05) is 42.5 Å². The molecule has 1 heterocycles. The maximum absolute atomic E-state index is 11.5. The van der Waals surface area contributed by atoms with Crippen molar-refractivity contribution in [3.8, 4) is 11.5 Å². The van der Waals surface area contributed by atoms with Gasteiger partial charge in [-0.25, -0.2) is 0 Å². The molecule has 1 aliphatic heterocycles. The monoisotopic (exact) mass is 378 g/mol. The lowest BCUT2D eigenvalue weighted by molar-refractivity contribution is -0.142. The number of hydrogen-bond acceptors (Lipinski definition) is 5. The predicted molar refractivity (Wildman–Crippen MR) is 106 cm³/mol. The molecule has 5 heteroatoms. The van der Waals surface area contributed by atoms with Crippen molar-refractivity contribution < 1.29 is 23.8 Å². The van der Waals surface area contributed by atoms with Gasteiger partial charge in [0.2, 0.25) is 0 Å². The second-order valence-electron chi connectivity index (χ2n) is 6.50. The van der Waals surface area contributed by atoms with Crippen LogP contribution in [0, 0.1) is 0 Å². The zero-order chi connectivity index (χ0) is 20.1. The van der Waals surface area contributed by atoms with Gasteiger partial charge in [-0.15, -0.1) is 0 Å². The third-order valence-corrected chi connectivity index (χ3v) is 4.51. The number of ether oxygens (including phenoxy) is 3. The van der Waals surface area contributed by atoms with Crippen molar-refractivity contribution in [2.24, 2.45) is 0 Å². The Labute approximate surface area is 163 Å². The molecular weight excluding hydrogens is 356 g/mol. The summed E-state index contributed by atoms with van der Waals surface area (Å²) < 4.78 is 14.9. The molecule has 0 fully saturated rings. The lowest BCUT2D eigenvalue weighted by atomic mass is 9.98. The maximum atomic E-state index is 11.5. The van der Waals surface area contributed by atoms with Crippen LogP contribution < -0.4 is 9.47 Å². The minimum atomic E-state index is -0.347. The Balaban J connectivity index is 0.000000231. The Hall–Kier alpha value is -3.34. The van der Waals surface area contributed by atoms with E-state index in [-0.39, 0.29) is 17.9 Å². The van der Waals surface area contributed by atoms with E-state index in [0.717, 1.165) is 28.7 Å². The van der Waals surface area contributed by atoms with Crippen LogP contribution in [0.1, 0.15) is 30.9 Å². The highest BCUT2D eigenvalue weighted by atomic mass is 16.5. The summed E-state index contributed by atoms with van der Waals surface area (Å²) in [5, 5.41) is 1.93. The summed E-state index contributed by atoms with van der Waals surface area (Å²) in [5.74, 6) is 0.643. The van der Waals surface area contributed by atoms with Gasteiger partial charge in [-0.3, -0.25) is 9.59 Å². The Bertz CT molecular complexity index is 986. The summed E-state index contributed by atoms with van der Waals surface area (Å²) >= 11 is 0. The van der Waals surface area contributed by atoms with Crippen LogP contribution in [0.5, 0.6) is 11.5 Å². The fourth-order valence-corrected chi connectivity index (χ4v) is 2.89. The van der Waals surface area contributed by atoms with Crippen molar-refractivity contribution in [1.82, 2.24) is 0 Å². The molecule has 0 aliphatic carbocycles. The zero-order valence-corrected chi connectivity index (χ0v) is 16.1. The Morgan fingerprint density at radius 3 is 2.29 bits per heavy atom. The molecule has 0 saturated heterocycles. The number of rotatable bonds is 3. The van der Waals surface area contributed by atoms with Gasteiger partial charge < -0.3 is 14.2 Å². The van der Waals surface area contributed by atoms with E-state index in [2.05, 4.69) is 6.07 Å². The molecule has 5 nitrogen and oxygen atoms in total. The molecule has 1 aliphatic rings. The number of methoxy groups -OCH3 is 1. The van der Waals surface area contributed by atoms with Crippen LogP contribution in [0.2, 0.25) is 0 Å². The third kappa shape index (κ3) is 4.49. The summed E-state index contributed by atoms with van der Waals surface area (Å²) in [6.07, 6.45) is 0. The average Bonchev–Trinajstić information content (AvgIpc) is 2.67. The van der Waals surface area contributed by atoms with E-state index in [1.165, 1.54) is 19.6 Å². The molecule has 0 amide bonds. The van der Waals surface area contributed by atoms with Crippen molar-refractivity contribution >= 4 is 22.7 Å². The number of carbonyl (C=O) groups is 2. The van der Waals surface area contributed by atoms with Gasteiger partial charge in [-0.05, 0) is 41.5 Å². The average molecular weight is 378 g/mol. The summed E-state index contributed by atoms with van der Waals surface area (Å²) in [4.78, 5) is 22.5. The van der Waals surface area contributed by atoms with E-state index < -0.39 is 0 Å². The smallest absolute Gasteiger partial charge is 0.312 e. The van der Waals surface area contributed by atoms with Gasteiger partial charge in [0.15, 0.2) is 0 Å². The summed E-state index contributed by atoms with van der Waals surface area (Å²) in [6, 6.07) is 19.2. The van der Waals surface area contributed by atoms with Crippen molar-refractivity contribution in [3.63, 3.8) is 0 Å². The molecule has 3 aromatic rings. The fraction of sp³-hybridized carbons (Fsp3) is 0.217. The Morgan fingerprint density at radius 1 is 1.00 bits per heavy atom. The molecule has 144 valence electrons. The molecular formula is C23H22O5. The Morgan fingerprint density at radius 2 is 1.71 bits per heavy atom. The van der Waals surface area contributed by atoms with Crippen LogP contribution in [0.3, 0.4) is 0 Å². The molecule has 0 bridgehead atoms. The van der Waals surface area contributed by atoms with Crippen LogP contribution in [-0.4, -0.2) is 19.0 Å². The zero-order valence-electron chi connectivity index (χ0n) is 16.1. The van der Waals surface area contributed by atoms with E-state index in [0.29, 0.717) is 5.75 Å². The van der Waals surface area contributed by atoms with E-state index in [9.17, 15) is 9.59 Å². The first-order valence-electron chi connectivity index (χ1n) is 8.98. The van der Waals surface area contributed by atoms with E-state index in [1.54, 1.807) is 19.1 Å². The van der Waals surface area contributed by atoms with Crippen LogP contribution in [0.15, 0.2) is 60.7 Å². The standard InChI is InChI=1S/C16H16O4.C7H6O/c1-10(16(18)19-3)12-4-5-14-9-15(20-11(2)17)7-6-13(14)8-12;1-2-4-7-6(3-1)5-8-7/h4-10H,1-3H3;1-4H,5H2. The highest BCUT2D eigenvalue weighted by molar-refractivity contribution is 5.87. The minimum absolute atomic E-state index is 0.263.